The lowest BCUT2D eigenvalue weighted by molar-refractivity contribution is 0.152. The van der Waals surface area contributed by atoms with Gasteiger partial charge in [0.25, 0.3) is 0 Å². The van der Waals surface area contributed by atoms with E-state index in [1.165, 1.54) is 0 Å². The number of carbonyl (C=O) groups is 1. The van der Waals surface area contributed by atoms with Crippen LogP contribution in [0.4, 0.5) is 4.79 Å². The Bertz CT molecular complexity index is 146. The fraction of sp³-hybridized carbons (Fsp3) is 0.750. The van der Waals surface area contributed by atoms with Crippen molar-refractivity contribution in [1.29, 1.82) is 0 Å². The van der Waals surface area contributed by atoms with E-state index in [-0.39, 0.29) is 0 Å². The maximum Gasteiger partial charge on any atom is 0.427 e. The van der Waals surface area contributed by atoms with Gasteiger partial charge in [-0.1, -0.05) is 13.3 Å². The van der Waals surface area contributed by atoms with E-state index < -0.39 is 6.09 Å². The van der Waals surface area contributed by atoms with Crippen molar-refractivity contribution < 1.29 is 9.53 Å². The second-order valence-corrected chi connectivity index (χ2v) is 2.29. The topological polar surface area (TPSA) is 50.7 Å². The first-order valence-corrected chi connectivity index (χ1v) is 4.25. The highest BCUT2D eigenvalue weighted by atomic mass is 16.5. The summed E-state index contributed by atoms with van der Waals surface area (Å²) in [5, 5.41) is 3.68. The third-order valence-electron chi connectivity index (χ3n) is 1.21. The molecule has 0 saturated carbocycles. The van der Waals surface area contributed by atoms with Crippen molar-refractivity contribution in [3.63, 3.8) is 0 Å². The van der Waals surface area contributed by atoms with Crippen LogP contribution in [0.2, 0.25) is 0 Å². The molecule has 0 atom stereocenters. The fourth-order valence-corrected chi connectivity index (χ4v) is 0.622. The molecule has 70 valence electrons. The zero-order chi connectivity index (χ0) is 9.23. The third-order valence-corrected chi connectivity index (χ3v) is 1.21. The van der Waals surface area contributed by atoms with Gasteiger partial charge in [0.2, 0.25) is 0 Å². The Morgan fingerprint density at radius 1 is 1.58 bits per heavy atom. The Kier molecular flexibility index (Phi) is 7.33. The first kappa shape index (κ1) is 10.9. The van der Waals surface area contributed by atoms with Gasteiger partial charge in [0.05, 0.1) is 6.61 Å². The molecule has 0 aliphatic carbocycles. The smallest absolute Gasteiger partial charge is 0.427 e. The third kappa shape index (κ3) is 7.05. The molecule has 0 radical (unpaired) electrons. The van der Waals surface area contributed by atoms with E-state index in [1.807, 2.05) is 0 Å². The molecule has 0 bridgehead atoms. The molecule has 0 aromatic rings. The summed E-state index contributed by atoms with van der Waals surface area (Å²) in [5.41, 5.74) is 2.25. The number of rotatable bonds is 5. The van der Waals surface area contributed by atoms with E-state index in [0.717, 1.165) is 19.3 Å². The maximum absolute atomic E-state index is 10.6. The number of nitrogens with one attached hydrogen (secondary N) is 1. The molecular weight excluding hydrogens is 156 g/mol. The Morgan fingerprint density at radius 2 is 2.33 bits per heavy atom. The number of ether oxygens (including phenoxy) is 1. The van der Waals surface area contributed by atoms with Crippen LogP contribution in [0.5, 0.6) is 0 Å². The molecule has 1 N–H and O–H groups in total. The molecule has 0 unspecified atom stereocenters. The average Bonchev–Trinajstić information content (AvgIpc) is 2.05. The predicted molar refractivity (Wildman–Crippen MR) is 48.2 cm³/mol. The normalized spacial score (nSPS) is 10.2. The number of amides is 1. The Hall–Kier alpha value is -1.06. The second kappa shape index (κ2) is 8.04. The van der Waals surface area contributed by atoms with Gasteiger partial charge in [-0.3, -0.25) is 0 Å². The van der Waals surface area contributed by atoms with E-state index >= 15 is 0 Å². The molecular formula is C8H16N2O2. The lowest BCUT2D eigenvalue weighted by atomic mass is 10.3. The van der Waals surface area contributed by atoms with Crippen molar-refractivity contribution in [3.8, 4) is 0 Å². The summed E-state index contributed by atoms with van der Waals surface area (Å²) in [7, 11) is 0. The first-order chi connectivity index (χ1) is 5.81. The SMILES string of the molecule is CCCC/C=N/NC(=O)OCC. The molecule has 0 aliphatic rings. The molecule has 0 aromatic heterocycles. The number of nitrogens with zero attached hydrogens (tertiary/aromatic N) is 1. The van der Waals surface area contributed by atoms with Crippen LogP contribution in [0.15, 0.2) is 5.10 Å². The number of hydrogen-bond acceptors (Lipinski definition) is 3. The summed E-state index contributed by atoms with van der Waals surface area (Å²) in [6, 6.07) is 0. The van der Waals surface area contributed by atoms with Crippen LogP contribution >= 0.6 is 0 Å². The molecule has 0 aromatic carbocycles. The minimum Gasteiger partial charge on any atom is -0.449 e. The molecule has 4 heteroatoms. The highest BCUT2D eigenvalue weighted by Gasteiger charge is 1.93. The van der Waals surface area contributed by atoms with Gasteiger partial charge in [-0.25, -0.2) is 10.2 Å². The summed E-state index contributed by atoms with van der Waals surface area (Å²) in [6.07, 6.45) is 4.30. The zero-order valence-electron chi connectivity index (χ0n) is 7.67. The molecule has 12 heavy (non-hydrogen) atoms. The van der Waals surface area contributed by atoms with Crippen molar-refractivity contribution >= 4 is 12.3 Å². The fourth-order valence-electron chi connectivity index (χ4n) is 0.622. The summed E-state index contributed by atoms with van der Waals surface area (Å²) >= 11 is 0. The van der Waals surface area contributed by atoms with Gasteiger partial charge in [0.1, 0.15) is 0 Å². The van der Waals surface area contributed by atoms with Gasteiger partial charge in [0, 0.05) is 6.21 Å². The van der Waals surface area contributed by atoms with E-state index in [1.54, 1.807) is 13.1 Å². The highest BCUT2D eigenvalue weighted by molar-refractivity contribution is 5.68. The number of hydrogen-bond donors (Lipinski definition) is 1. The Balaban J connectivity index is 3.27. The van der Waals surface area contributed by atoms with Crippen LogP contribution in [0.25, 0.3) is 0 Å². The second-order valence-electron chi connectivity index (χ2n) is 2.29. The monoisotopic (exact) mass is 172 g/mol. The van der Waals surface area contributed by atoms with Gasteiger partial charge >= 0.3 is 6.09 Å². The zero-order valence-corrected chi connectivity index (χ0v) is 7.67. The molecule has 0 fully saturated rings. The molecule has 0 aliphatic heterocycles. The Labute approximate surface area is 73.0 Å². The predicted octanol–water partition coefficient (Wildman–Crippen LogP) is 1.91. The standard InChI is InChI=1S/C8H16N2O2/c1-3-5-6-7-9-10-8(11)12-4-2/h7H,3-6H2,1-2H3,(H,10,11)/b9-7+. The highest BCUT2D eigenvalue weighted by Crippen LogP contribution is 1.88. The van der Waals surface area contributed by atoms with Gasteiger partial charge in [-0.2, -0.15) is 5.10 Å². The maximum atomic E-state index is 10.6. The van der Waals surface area contributed by atoms with Crippen LogP contribution < -0.4 is 5.43 Å². The van der Waals surface area contributed by atoms with Crippen molar-refractivity contribution in [2.24, 2.45) is 5.10 Å². The molecule has 0 saturated heterocycles. The van der Waals surface area contributed by atoms with E-state index in [4.69, 9.17) is 0 Å². The summed E-state index contributed by atoms with van der Waals surface area (Å²) in [5.74, 6) is 0. The lowest BCUT2D eigenvalue weighted by Crippen LogP contribution is -2.18. The summed E-state index contributed by atoms with van der Waals surface area (Å²) in [4.78, 5) is 10.6. The van der Waals surface area contributed by atoms with Gasteiger partial charge in [0.15, 0.2) is 0 Å². The van der Waals surface area contributed by atoms with Gasteiger partial charge in [-0.05, 0) is 19.8 Å². The van der Waals surface area contributed by atoms with Crippen LogP contribution in [-0.2, 0) is 4.74 Å². The van der Waals surface area contributed by atoms with Gasteiger partial charge in [-0.15, -0.1) is 0 Å². The van der Waals surface area contributed by atoms with Crippen molar-refractivity contribution in [2.45, 2.75) is 33.1 Å². The van der Waals surface area contributed by atoms with E-state index in [9.17, 15) is 4.79 Å². The van der Waals surface area contributed by atoms with Gasteiger partial charge < -0.3 is 4.74 Å². The van der Waals surface area contributed by atoms with Crippen molar-refractivity contribution in [2.75, 3.05) is 6.61 Å². The van der Waals surface area contributed by atoms with Crippen molar-refractivity contribution in [1.82, 2.24) is 5.43 Å². The van der Waals surface area contributed by atoms with E-state index in [0.29, 0.717) is 6.61 Å². The molecule has 4 nitrogen and oxygen atoms in total. The minimum absolute atomic E-state index is 0.371. The largest absolute Gasteiger partial charge is 0.449 e. The molecule has 0 spiro atoms. The molecule has 0 heterocycles. The van der Waals surface area contributed by atoms with Crippen LogP contribution in [0, 0.1) is 0 Å². The van der Waals surface area contributed by atoms with Crippen LogP contribution in [0.3, 0.4) is 0 Å². The van der Waals surface area contributed by atoms with Crippen molar-refractivity contribution in [3.05, 3.63) is 0 Å². The number of carbonyl (C=O) groups excluding carboxylic acids is 1. The van der Waals surface area contributed by atoms with Crippen LogP contribution in [0.1, 0.15) is 33.1 Å². The molecule has 1 amide bonds. The summed E-state index contributed by atoms with van der Waals surface area (Å²) in [6.45, 7) is 4.23. The minimum atomic E-state index is -0.495. The lowest BCUT2D eigenvalue weighted by Gasteiger charge is -1.97. The first-order valence-electron chi connectivity index (χ1n) is 4.25. The van der Waals surface area contributed by atoms with Crippen LogP contribution in [-0.4, -0.2) is 18.9 Å². The number of hydrazone groups is 1. The average molecular weight is 172 g/mol. The molecule has 0 rings (SSSR count). The summed E-state index contributed by atoms with van der Waals surface area (Å²) < 4.78 is 4.58. The Morgan fingerprint density at radius 3 is 2.92 bits per heavy atom. The van der Waals surface area contributed by atoms with E-state index in [2.05, 4.69) is 22.2 Å². The number of unbranched alkanes of at least 4 members (excludes halogenated alkanes) is 2. The quantitative estimate of drug-likeness (QED) is 0.391.